The number of hydrogen-bond acceptors (Lipinski definition) is 3. The zero-order valence-electron chi connectivity index (χ0n) is 20.3. The molecule has 4 fully saturated rings. The molecule has 5 rings (SSSR count). The number of hydrogen-bond donors (Lipinski definition) is 0. The summed E-state index contributed by atoms with van der Waals surface area (Å²) >= 11 is 0. The van der Waals surface area contributed by atoms with Crippen LogP contribution in [-0.4, -0.2) is 18.2 Å². The van der Waals surface area contributed by atoms with Crippen molar-refractivity contribution in [2.75, 3.05) is 6.61 Å². The molecule has 4 unspecified atom stereocenters. The topological polar surface area (TPSA) is 35.5 Å². The molecule has 0 aliphatic heterocycles. The van der Waals surface area contributed by atoms with Crippen molar-refractivity contribution in [1.82, 2.24) is 0 Å². The van der Waals surface area contributed by atoms with Gasteiger partial charge in [-0.2, -0.15) is 0 Å². The third kappa shape index (κ3) is 4.26. The largest absolute Gasteiger partial charge is 0.482 e. The molecular formula is C28H42O3. The molecule has 172 valence electrons. The van der Waals surface area contributed by atoms with Crippen molar-refractivity contribution in [3.63, 3.8) is 0 Å². The van der Waals surface area contributed by atoms with Gasteiger partial charge in [0.2, 0.25) is 0 Å². The molecule has 4 saturated carbocycles. The number of ether oxygens (including phenoxy) is 2. The number of carbonyl (C=O) groups is 1. The highest BCUT2D eigenvalue weighted by Gasteiger charge is 2.64. The summed E-state index contributed by atoms with van der Waals surface area (Å²) < 4.78 is 12.4. The van der Waals surface area contributed by atoms with Gasteiger partial charge in [0.05, 0.1) is 0 Å². The van der Waals surface area contributed by atoms with E-state index in [4.69, 9.17) is 9.47 Å². The van der Waals surface area contributed by atoms with Gasteiger partial charge in [-0.05, 0) is 85.8 Å². The van der Waals surface area contributed by atoms with Crippen molar-refractivity contribution in [1.29, 1.82) is 0 Å². The summed E-state index contributed by atoms with van der Waals surface area (Å²) in [4.78, 5) is 13.1. The Bertz CT molecular complexity index is 751. The lowest BCUT2D eigenvalue weighted by atomic mass is 9.43. The maximum atomic E-state index is 13.1. The van der Waals surface area contributed by atoms with Crippen LogP contribution in [0.2, 0.25) is 0 Å². The molecule has 0 amide bonds. The van der Waals surface area contributed by atoms with Gasteiger partial charge in [0.1, 0.15) is 11.4 Å². The van der Waals surface area contributed by atoms with Crippen LogP contribution in [0, 0.1) is 29.1 Å². The second-order valence-corrected chi connectivity index (χ2v) is 11.3. The molecule has 3 nitrogen and oxygen atoms in total. The Kier molecular flexibility index (Phi) is 6.43. The van der Waals surface area contributed by atoms with E-state index in [0.29, 0.717) is 29.1 Å². The highest BCUT2D eigenvalue weighted by molar-refractivity contribution is 5.72. The second-order valence-electron chi connectivity index (χ2n) is 11.3. The van der Waals surface area contributed by atoms with Crippen molar-refractivity contribution in [2.24, 2.45) is 29.1 Å². The monoisotopic (exact) mass is 426 g/mol. The van der Waals surface area contributed by atoms with E-state index < -0.39 is 0 Å². The maximum absolute atomic E-state index is 13.1. The summed E-state index contributed by atoms with van der Waals surface area (Å²) in [6.07, 6.45) is 9.68. The van der Waals surface area contributed by atoms with Crippen molar-refractivity contribution >= 4 is 5.97 Å². The summed E-state index contributed by atoms with van der Waals surface area (Å²) in [7, 11) is 0. The van der Waals surface area contributed by atoms with E-state index in [9.17, 15) is 4.79 Å². The SMILES string of the molecule is CCCC(C)C1(OC(=O)COc2ccc(C(C)CC)cc2)C2CC3CC1CC(C)(C3)C2. The average molecular weight is 427 g/mol. The predicted octanol–water partition coefficient (Wildman–Crippen LogP) is 7.14. The van der Waals surface area contributed by atoms with Gasteiger partial charge in [-0.1, -0.05) is 53.2 Å². The molecule has 0 N–H and O–H groups in total. The Morgan fingerprint density at radius 3 is 2.26 bits per heavy atom. The van der Waals surface area contributed by atoms with Crippen LogP contribution in [0.25, 0.3) is 0 Å². The van der Waals surface area contributed by atoms with Crippen molar-refractivity contribution in [3.05, 3.63) is 29.8 Å². The summed E-state index contributed by atoms with van der Waals surface area (Å²) in [5.41, 5.74) is 1.49. The van der Waals surface area contributed by atoms with E-state index in [1.165, 1.54) is 37.7 Å². The van der Waals surface area contributed by atoms with Gasteiger partial charge in [-0.25, -0.2) is 4.79 Å². The van der Waals surface area contributed by atoms with Gasteiger partial charge in [0.25, 0.3) is 0 Å². The van der Waals surface area contributed by atoms with Crippen LogP contribution in [0.3, 0.4) is 0 Å². The smallest absolute Gasteiger partial charge is 0.344 e. The van der Waals surface area contributed by atoms with Crippen LogP contribution in [-0.2, 0) is 9.53 Å². The van der Waals surface area contributed by atoms with E-state index in [2.05, 4.69) is 46.8 Å². The molecule has 1 aromatic rings. The first kappa shape index (κ1) is 22.7. The number of esters is 1. The minimum atomic E-state index is -0.284. The van der Waals surface area contributed by atoms with Crippen molar-refractivity contribution < 1.29 is 14.3 Å². The fourth-order valence-electron chi connectivity index (χ4n) is 7.62. The lowest BCUT2D eigenvalue weighted by Gasteiger charge is -2.65. The van der Waals surface area contributed by atoms with Gasteiger partial charge in [0.15, 0.2) is 6.61 Å². The second kappa shape index (κ2) is 8.79. The van der Waals surface area contributed by atoms with Crippen LogP contribution in [0.1, 0.15) is 97.5 Å². The molecule has 0 aromatic heterocycles. The molecule has 4 atom stereocenters. The predicted molar refractivity (Wildman–Crippen MR) is 125 cm³/mol. The Morgan fingerprint density at radius 2 is 1.71 bits per heavy atom. The molecule has 1 aromatic carbocycles. The molecule has 3 heteroatoms. The Balaban J connectivity index is 1.45. The number of benzene rings is 1. The normalized spacial score (nSPS) is 35.6. The third-order valence-corrected chi connectivity index (χ3v) is 8.97. The fraction of sp³-hybridized carbons (Fsp3) is 0.750. The zero-order valence-corrected chi connectivity index (χ0v) is 20.3. The van der Waals surface area contributed by atoms with Gasteiger partial charge in [0, 0.05) is 11.8 Å². The summed E-state index contributed by atoms with van der Waals surface area (Å²) in [5.74, 6) is 3.38. The molecule has 0 heterocycles. The molecule has 4 bridgehead atoms. The molecule has 4 aliphatic carbocycles. The van der Waals surface area contributed by atoms with E-state index in [1.54, 1.807) is 0 Å². The van der Waals surface area contributed by atoms with Crippen LogP contribution in [0.4, 0.5) is 0 Å². The van der Waals surface area contributed by atoms with E-state index in [0.717, 1.165) is 30.9 Å². The first-order valence-corrected chi connectivity index (χ1v) is 12.7. The summed E-state index contributed by atoms with van der Waals surface area (Å²) in [6, 6.07) is 8.18. The highest BCUT2D eigenvalue weighted by atomic mass is 16.6. The van der Waals surface area contributed by atoms with Crippen molar-refractivity contribution in [2.45, 2.75) is 97.5 Å². The van der Waals surface area contributed by atoms with Crippen LogP contribution in [0.15, 0.2) is 24.3 Å². The maximum Gasteiger partial charge on any atom is 0.344 e. The molecule has 0 radical (unpaired) electrons. The lowest BCUT2D eigenvalue weighted by Crippen LogP contribution is -2.65. The van der Waals surface area contributed by atoms with Gasteiger partial charge < -0.3 is 9.47 Å². The third-order valence-electron chi connectivity index (χ3n) is 8.97. The minimum absolute atomic E-state index is 0.00338. The Hall–Kier alpha value is -1.51. The zero-order chi connectivity index (χ0) is 22.2. The first-order valence-electron chi connectivity index (χ1n) is 12.7. The first-order chi connectivity index (χ1) is 14.8. The number of rotatable bonds is 9. The molecule has 31 heavy (non-hydrogen) atoms. The molecular weight excluding hydrogens is 384 g/mol. The lowest BCUT2D eigenvalue weighted by molar-refractivity contribution is -0.242. The standard InChI is InChI=1S/C28H42O3/c1-6-8-20(4)28(23-13-21-14-24(28)17-27(5,15-21)16-23)31-26(29)18-30-25-11-9-22(10-12-25)19(3)7-2/h9-12,19-21,23-24H,6-8,13-18H2,1-5H3. The van der Waals surface area contributed by atoms with E-state index in [1.807, 2.05) is 12.1 Å². The quantitative estimate of drug-likeness (QED) is 0.394. The van der Waals surface area contributed by atoms with Gasteiger partial charge in [-0.15, -0.1) is 0 Å². The summed E-state index contributed by atoms with van der Waals surface area (Å²) in [6.45, 7) is 11.5. The molecule has 4 aliphatic rings. The van der Waals surface area contributed by atoms with E-state index in [-0.39, 0.29) is 18.2 Å². The van der Waals surface area contributed by atoms with Crippen molar-refractivity contribution in [3.8, 4) is 5.75 Å². The molecule has 0 saturated heterocycles. The van der Waals surface area contributed by atoms with Crippen LogP contribution in [0.5, 0.6) is 5.75 Å². The van der Waals surface area contributed by atoms with E-state index >= 15 is 0 Å². The Morgan fingerprint density at radius 1 is 1.06 bits per heavy atom. The van der Waals surface area contributed by atoms with Crippen LogP contribution >= 0.6 is 0 Å². The highest BCUT2D eigenvalue weighted by Crippen LogP contribution is 2.66. The summed E-state index contributed by atoms with van der Waals surface area (Å²) in [5, 5.41) is 0. The number of carbonyl (C=O) groups excluding carboxylic acids is 1. The van der Waals surface area contributed by atoms with Gasteiger partial charge >= 0.3 is 5.97 Å². The molecule has 0 spiro atoms. The Labute approximate surface area is 189 Å². The average Bonchev–Trinajstić information content (AvgIpc) is 2.73. The van der Waals surface area contributed by atoms with Crippen LogP contribution < -0.4 is 4.74 Å². The minimum Gasteiger partial charge on any atom is -0.482 e. The van der Waals surface area contributed by atoms with Gasteiger partial charge in [-0.3, -0.25) is 0 Å². The fourth-order valence-corrected chi connectivity index (χ4v) is 7.62.